The molecule has 0 aliphatic heterocycles. The highest BCUT2D eigenvalue weighted by atomic mass is 32.2. The second-order valence-corrected chi connectivity index (χ2v) is 10.1. The van der Waals surface area contributed by atoms with Crippen molar-refractivity contribution in [3.8, 4) is 5.75 Å². The van der Waals surface area contributed by atoms with Gasteiger partial charge in [0.2, 0.25) is 0 Å². The summed E-state index contributed by atoms with van der Waals surface area (Å²) in [7, 11) is 1.79. The molecule has 0 bridgehead atoms. The Labute approximate surface area is 198 Å². The van der Waals surface area contributed by atoms with Crippen LogP contribution in [0.5, 0.6) is 5.75 Å². The monoisotopic (exact) mass is 472 g/mol. The van der Waals surface area contributed by atoms with Gasteiger partial charge in [-0.3, -0.25) is 18.8 Å². The summed E-state index contributed by atoms with van der Waals surface area (Å²) >= 11 is 1.29. The molecule has 0 fully saturated rings. The van der Waals surface area contributed by atoms with Crippen LogP contribution in [0.2, 0.25) is 0 Å². The molecule has 0 aliphatic carbocycles. The topological polar surface area (TPSA) is 99.2 Å². The van der Waals surface area contributed by atoms with E-state index in [4.69, 9.17) is 9.72 Å². The molecule has 2 heterocycles. The fourth-order valence-corrected chi connectivity index (χ4v) is 4.57. The molecule has 0 radical (unpaired) electrons. The molecular formula is C24H32N4O4S. The zero-order valence-electron chi connectivity index (χ0n) is 19.9. The summed E-state index contributed by atoms with van der Waals surface area (Å²) in [5, 5.41) is 13.8. The first-order chi connectivity index (χ1) is 15.7. The van der Waals surface area contributed by atoms with Crippen LogP contribution >= 0.6 is 11.8 Å². The van der Waals surface area contributed by atoms with Crippen LogP contribution in [0.3, 0.4) is 0 Å². The van der Waals surface area contributed by atoms with E-state index in [1.54, 1.807) is 30.1 Å². The van der Waals surface area contributed by atoms with E-state index < -0.39 is 10.7 Å². The Morgan fingerprint density at radius 2 is 1.91 bits per heavy atom. The number of rotatable bonds is 11. The first kappa shape index (κ1) is 24.8. The number of thioether (sulfide) groups is 1. The van der Waals surface area contributed by atoms with Crippen LogP contribution < -0.4 is 10.3 Å². The lowest BCUT2D eigenvalue weighted by Crippen LogP contribution is -2.27. The number of nitrogens with zero attached hydrogens (tertiary/aromatic N) is 4. The van der Waals surface area contributed by atoms with E-state index in [0.717, 1.165) is 34.8 Å². The fraction of sp³-hybridized carbons (Fsp3) is 0.500. The van der Waals surface area contributed by atoms with Gasteiger partial charge in [0.25, 0.3) is 5.56 Å². The lowest BCUT2D eigenvalue weighted by atomic mass is 10.2. The van der Waals surface area contributed by atoms with Crippen molar-refractivity contribution in [2.45, 2.75) is 69.6 Å². The molecule has 3 aromatic rings. The molecule has 0 unspecified atom stereocenters. The molecule has 0 amide bonds. The number of carboxylic acids is 1. The van der Waals surface area contributed by atoms with Crippen LogP contribution in [0, 0.1) is 0 Å². The average Bonchev–Trinajstić information content (AvgIpc) is 3.08. The van der Waals surface area contributed by atoms with Crippen molar-refractivity contribution in [2.24, 2.45) is 7.05 Å². The zero-order chi connectivity index (χ0) is 24.2. The highest BCUT2D eigenvalue weighted by Gasteiger charge is 2.28. The first-order valence-electron chi connectivity index (χ1n) is 11.3. The maximum atomic E-state index is 13.2. The highest BCUT2D eigenvalue weighted by Crippen LogP contribution is 2.33. The molecule has 9 heteroatoms. The molecule has 1 aromatic carbocycles. The summed E-state index contributed by atoms with van der Waals surface area (Å²) in [6, 6.07) is 7.39. The first-order valence-corrected chi connectivity index (χ1v) is 12.1. The van der Waals surface area contributed by atoms with Crippen LogP contribution in [0.4, 0.5) is 0 Å². The van der Waals surface area contributed by atoms with Crippen LogP contribution in [-0.2, 0) is 31.2 Å². The average molecular weight is 473 g/mol. The Morgan fingerprint density at radius 3 is 2.52 bits per heavy atom. The van der Waals surface area contributed by atoms with Gasteiger partial charge < -0.3 is 9.84 Å². The minimum absolute atomic E-state index is 0.0587. The third-order valence-electron chi connectivity index (χ3n) is 5.40. The van der Waals surface area contributed by atoms with Crippen molar-refractivity contribution in [3.63, 3.8) is 0 Å². The number of carboxylic acid groups (broad SMARTS) is 1. The Bertz CT molecular complexity index is 1180. The Morgan fingerprint density at radius 1 is 1.21 bits per heavy atom. The summed E-state index contributed by atoms with van der Waals surface area (Å²) in [5.74, 6) is 0.621. The summed E-state index contributed by atoms with van der Waals surface area (Å²) < 4.78 is 8.33. The highest BCUT2D eigenvalue weighted by molar-refractivity contribution is 8.01. The quantitative estimate of drug-likeness (QED) is 0.332. The second-order valence-electron chi connectivity index (χ2n) is 8.45. The number of aryl methyl sites for hydroxylation is 3. The molecule has 8 nitrogen and oxygen atoms in total. The molecule has 0 atom stereocenters. The molecule has 178 valence electrons. The summed E-state index contributed by atoms with van der Waals surface area (Å²) in [6.45, 7) is 8.42. The molecule has 0 saturated carbocycles. The van der Waals surface area contributed by atoms with E-state index in [9.17, 15) is 14.7 Å². The van der Waals surface area contributed by atoms with E-state index in [1.807, 2.05) is 31.2 Å². The van der Waals surface area contributed by atoms with E-state index in [2.05, 4.69) is 12.0 Å². The number of aromatic nitrogens is 4. The zero-order valence-corrected chi connectivity index (χ0v) is 20.7. The summed E-state index contributed by atoms with van der Waals surface area (Å²) in [4.78, 5) is 30.1. The third-order valence-corrected chi connectivity index (χ3v) is 6.59. The van der Waals surface area contributed by atoms with Crippen LogP contribution in [0.15, 0.2) is 34.0 Å². The van der Waals surface area contributed by atoms with Crippen molar-refractivity contribution < 1.29 is 14.6 Å². The van der Waals surface area contributed by atoms with Crippen molar-refractivity contribution in [2.75, 3.05) is 6.61 Å². The smallest absolute Gasteiger partial charge is 0.319 e. The predicted molar refractivity (Wildman–Crippen MR) is 130 cm³/mol. The van der Waals surface area contributed by atoms with Gasteiger partial charge in [0.05, 0.1) is 12.3 Å². The Hall–Kier alpha value is -2.81. The number of aliphatic carboxylic acids is 1. The van der Waals surface area contributed by atoms with Crippen molar-refractivity contribution in [1.82, 2.24) is 19.3 Å². The number of fused-ring (bicyclic) bond motifs is 1. The van der Waals surface area contributed by atoms with Gasteiger partial charge in [-0.1, -0.05) is 20.3 Å². The van der Waals surface area contributed by atoms with Gasteiger partial charge in [0.1, 0.15) is 21.8 Å². The van der Waals surface area contributed by atoms with Gasteiger partial charge in [-0.15, -0.1) is 11.8 Å². The van der Waals surface area contributed by atoms with E-state index in [-0.39, 0.29) is 5.56 Å². The molecular weight excluding hydrogens is 440 g/mol. The minimum Gasteiger partial charge on any atom is -0.494 e. The largest absolute Gasteiger partial charge is 0.494 e. The van der Waals surface area contributed by atoms with Gasteiger partial charge in [0, 0.05) is 24.9 Å². The SMILES string of the molecule is CCCc1nn(C)c2c(=O)n(CCCOc3ccc(SC(C)(C)C(=O)O)cc3)c(CC)nc12. The minimum atomic E-state index is -0.896. The van der Waals surface area contributed by atoms with Gasteiger partial charge in [0.15, 0.2) is 5.52 Å². The van der Waals surface area contributed by atoms with E-state index >= 15 is 0 Å². The van der Waals surface area contributed by atoms with E-state index in [0.29, 0.717) is 37.3 Å². The molecule has 1 N–H and O–H groups in total. The molecule has 0 aliphatic rings. The Balaban J connectivity index is 1.65. The molecule has 3 rings (SSSR count). The van der Waals surface area contributed by atoms with E-state index in [1.165, 1.54) is 11.8 Å². The lowest BCUT2D eigenvalue weighted by Gasteiger charge is -2.18. The van der Waals surface area contributed by atoms with Crippen molar-refractivity contribution in [1.29, 1.82) is 0 Å². The molecule has 0 spiro atoms. The van der Waals surface area contributed by atoms with Crippen molar-refractivity contribution in [3.05, 3.63) is 46.1 Å². The number of hydrogen-bond donors (Lipinski definition) is 1. The lowest BCUT2D eigenvalue weighted by molar-refractivity contribution is -0.138. The number of carbonyl (C=O) groups is 1. The van der Waals surface area contributed by atoms with Crippen LogP contribution in [0.25, 0.3) is 11.0 Å². The summed E-state index contributed by atoms with van der Waals surface area (Å²) in [6.07, 6.45) is 3.07. The van der Waals surface area contributed by atoms with Gasteiger partial charge in [-0.05, 0) is 51.0 Å². The summed E-state index contributed by atoms with van der Waals surface area (Å²) in [5.41, 5.74) is 2.09. The van der Waals surface area contributed by atoms with Crippen molar-refractivity contribution >= 4 is 28.8 Å². The predicted octanol–water partition coefficient (Wildman–Crippen LogP) is 4.07. The Kier molecular flexibility index (Phi) is 7.84. The van der Waals surface area contributed by atoms with Gasteiger partial charge in [-0.2, -0.15) is 5.10 Å². The number of ether oxygens (including phenoxy) is 1. The number of benzene rings is 1. The maximum Gasteiger partial charge on any atom is 0.319 e. The van der Waals surface area contributed by atoms with Gasteiger partial charge in [-0.25, -0.2) is 4.98 Å². The van der Waals surface area contributed by atoms with Gasteiger partial charge >= 0.3 is 5.97 Å². The second kappa shape index (κ2) is 10.4. The third kappa shape index (κ3) is 5.58. The molecule has 0 saturated heterocycles. The standard InChI is InChI=1S/C24H32N4O4S/c1-6-9-18-20-21(27(5)26-18)22(29)28(19(7-2)25-20)14-8-15-32-16-10-12-17(13-11-16)33-24(3,4)23(30)31/h10-13H,6-9,14-15H2,1-5H3,(H,30,31). The normalized spacial score (nSPS) is 11.8. The van der Waals surface area contributed by atoms with Crippen LogP contribution in [0.1, 0.15) is 52.1 Å². The molecule has 33 heavy (non-hydrogen) atoms. The fourth-order valence-electron chi connectivity index (χ4n) is 3.62. The molecule has 2 aromatic heterocycles. The van der Waals surface area contributed by atoms with Crippen LogP contribution in [-0.4, -0.2) is 41.8 Å². The number of hydrogen-bond acceptors (Lipinski definition) is 6. The maximum absolute atomic E-state index is 13.2.